The van der Waals surface area contributed by atoms with E-state index in [1.807, 2.05) is 44.2 Å². The number of nitrogens with one attached hydrogen (secondary N) is 1. The Balaban J connectivity index is 2.26. The second-order valence-electron chi connectivity index (χ2n) is 6.79. The highest BCUT2D eigenvalue weighted by Gasteiger charge is 2.33. The Bertz CT molecular complexity index is 772. The molecule has 0 fully saturated rings. The van der Waals surface area contributed by atoms with Crippen LogP contribution < -0.4 is 5.32 Å². The molecule has 0 bridgehead atoms. The zero-order valence-corrected chi connectivity index (χ0v) is 15.0. The van der Waals surface area contributed by atoms with Crippen LogP contribution in [0.5, 0.6) is 0 Å². The van der Waals surface area contributed by atoms with Gasteiger partial charge in [0, 0.05) is 5.56 Å². The molecule has 0 aliphatic rings. The van der Waals surface area contributed by atoms with Gasteiger partial charge in [0.2, 0.25) is 0 Å². The van der Waals surface area contributed by atoms with Crippen LogP contribution in [0.25, 0.3) is 11.3 Å². The summed E-state index contributed by atoms with van der Waals surface area (Å²) in [7, 11) is 0. The largest absolute Gasteiger partial charge is 0.481 e. The van der Waals surface area contributed by atoms with Crippen molar-refractivity contribution in [2.45, 2.75) is 39.7 Å². The number of aryl methyl sites for hydroxylation is 1. The quantitative estimate of drug-likeness (QED) is 0.841. The molecule has 2 aromatic rings. The van der Waals surface area contributed by atoms with E-state index >= 15 is 0 Å². The van der Waals surface area contributed by atoms with E-state index in [4.69, 9.17) is 5.11 Å². The lowest BCUT2D eigenvalue weighted by Crippen LogP contribution is -2.51. The summed E-state index contributed by atoms with van der Waals surface area (Å²) in [6.07, 6.45) is -0.134. The number of hydrogen-bond acceptors (Lipinski definition) is 3. The molecule has 5 heteroatoms. The van der Waals surface area contributed by atoms with Gasteiger partial charge in [-0.05, 0) is 31.9 Å². The van der Waals surface area contributed by atoms with Crippen molar-refractivity contribution in [1.29, 1.82) is 0 Å². The van der Waals surface area contributed by atoms with E-state index in [1.54, 1.807) is 26.0 Å². The first-order chi connectivity index (χ1) is 11.7. The molecule has 1 unspecified atom stereocenters. The molecule has 0 aliphatic carbocycles. The van der Waals surface area contributed by atoms with Crippen LogP contribution in [0.3, 0.4) is 0 Å². The predicted molar refractivity (Wildman–Crippen MR) is 97.4 cm³/mol. The van der Waals surface area contributed by atoms with Crippen LogP contribution in [0, 0.1) is 12.8 Å². The average Bonchev–Trinajstić information content (AvgIpc) is 2.54. The number of nitrogens with zero attached hydrogens (tertiary/aromatic N) is 1. The summed E-state index contributed by atoms with van der Waals surface area (Å²) in [6, 6.07) is 13.3. The molecule has 25 heavy (non-hydrogen) atoms. The smallest absolute Gasteiger partial charge is 0.305 e. The van der Waals surface area contributed by atoms with Crippen LogP contribution in [-0.2, 0) is 4.79 Å². The van der Waals surface area contributed by atoms with Gasteiger partial charge in [0.15, 0.2) is 0 Å². The number of carboxylic acids is 1. The van der Waals surface area contributed by atoms with Gasteiger partial charge in [-0.2, -0.15) is 0 Å². The number of aromatic nitrogens is 1. The van der Waals surface area contributed by atoms with Gasteiger partial charge in [-0.3, -0.25) is 14.6 Å². The molecule has 1 aromatic heterocycles. The first-order valence-corrected chi connectivity index (χ1v) is 8.30. The lowest BCUT2D eigenvalue weighted by molar-refractivity contribution is -0.138. The van der Waals surface area contributed by atoms with E-state index in [1.165, 1.54) is 0 Å². The molecule has 1 atom stereocenters. The Morgan fingerprint density at radius 2 is 1.80 bits per heavy atom. The first-order valence-electron chi connectivity index (χ1n) is 8.30. The Labute approximate surface area is 148 Å². The van der Waals surface area contributed by atoms with Crippen molar-refractivity contribution in [2.24, 2.45) is 5.92 Å². The fourth-order valence-corrected chi connectivity index (χ4v) is 2.60. The molecule has 0 spiro atoms. The number of benzene rings is 1. The van der Waals surface area contributed by atoms with Gasteiger partial charge in [-0.1, -0.05) is 44.2 Å². The molecular formula is C20H24N2O3. The minimum absolute atomic E-state index is 0.0237. The maximum Gasteiger partial charge on any atom is 0.305 e. The van der Waals surface area contributed by atoms with Crippen molar-refractivity contribution in [3.8, 4) is 11.3 Å². The Morgan fingerprint density at radius 3 is 2.32 bits per heavy atom. The molecule has 1 amide bonds. The average molecular weight is 340 g/mol. The van der Waals surface area contributed by atoms with Gasteiger partial charge >= 0.3 is 5.97 Å². The van der Waals surface area contributed by atoms with Crippen LogP contribution >= 0.6 is 0 Å². The third-order valence-electron chi connectivity index (χ3n) is 4.59. The maximum absolute atomic E-state index is 12.7. The van der Waals surface area contributed by atoms with Crippen molar-refractivity contribution in [3.63, 3.8) is 0 Å². The number of aliphatic carboxylic acids is 1. The molecule has 2 rings (SSSR count). The molecule has 0 aliphatic heterocycles. The van der Waals surface area contributed by atoms with Crippen molar-refractivity contribution in [2.75, 3.05) is 0 Å². The molecule has 1 aromatic carbocycles. The Kier molecular flexibility index (Phi) is 5.57. The number of hydrogen-bond donors (Lipinski definition) is 2. The van der Waals surface area contributed by atoms with Crippen molar-refractivity contribution in [3.05, 3.63) is 53.7 Å². The fraction of sp³-hybridized carbons (Fsp3) is 0.350. The summed E-state index contributed by atoms with van der Waals surface area (Å²) >= 11 is 0. The summed E-state index contributed by atoms with van der Waals surface area (Å²) < 4.78 is 0. The molecule has 2 N–H and O–H groups in total. The standard InChI is InChI=1S/C20H24N2O3/c1-13(2)20(4,12-18(23)24)22-19(25)16-10-11-17(21-14(16)3)15-8-6-5-7-9-15/h5-11,13H,12H2,1-4H3,(H,22,25)(H,23,24). The number of carbonyl (C=O) groups excluding carboxylic acids is 1. The van der Waals surface area contributed by atoms with Gasteiger partial charge in [-0.15, -0.1) is 0 Å². The van der Waals surface area contributed by atoms with E-state index < -0.39 is 11.5 Å². The van der Waals surface area contributed by atoms with Gasteiger partial charge in [0.1, 0.15) is 0 Å². The lowest BCUT2D eigenvalue weighted by Gasteiger charge is -2.33. The zero-order chi connectivity index (χ0) is 18.6. The molecule has 1 heterocycles. The summed E-state index contributed by atoms with van der Waals surface area (Å²) in [5, 5.41) is 12.0. The monoisotopic (exact) mass is 340 g/mol. The van der Waals surface area contributed by atoms with Crippen molar-refractivity contribution < 1.29 is 14.7 Å². The number of carboxylic acid groups (broad SMARTS) is 1. The van der Waals surface area contributed by atoms with Crippen molar-refractivity contribution in [1.82, 2.24) is 10.3 Å². The molecule has 132 valence electrons. The number of amides is 1. The van der Waals surface area contributed by atoms with E-state index in [0.717, 1.165) is 11.3 Å². The maximum atomic E-state index is 12.7. The highest BCUT2D eigenvalue weighted by molar-refractivity contribution is 5.96. The summed E-state index contributed by atoms with van der Waals surface area (Å²) in [5.41, 5.74) is 2.02. The first kappa shape index (κ1) is 18.6. The fourth-order valence-electron chi connectivity index (χ4n) is 2.60. The van der Waals surface area contributed by atoms with Crippen LogP contribution in [0.15, 0.2) is 42.5 Å². The summed E-state index contributed by atoms with van der Waals surface area (Å²) in [4.78, 5) is 28.3. The topological polar surface area (TPSA) is 79.3 Å². The summed E-state index contributed by atoms with van der Waals surface area (Å²) in [6.45, 7) is 7.33. The molecular weight excluding hydrogens is 316 g/mol. The third kappa shape index (κ3) is 4.44. The van der Waals surface area contributed by atoms with Crippen LogP contribution in [0.1, 0.15) is 43.2 Å². The Morgan fingerprint density at radius 1 is 1.16 bits per heavy atom. The predicted octanol–water partition coefficient (Wildman–Crippen LogP) is 3.68. The third-order valence-corrected chi connectivity index (χ3v) is 4.59. The van der Waals surface area contributed by atoms with Gasteiger partial charge in [0.05, 0.1) is 28.9 Å². The zero-order valence-electron chi connectivity index (χ0n) is 15.0. The lowest BCUT2D eigenvalue weighted by atomic mass is 9.85. The summed E-state index contributed by atoms with van der Waals surface area (Å²) in [5.74, 6) is -1.27. The Hall–Kier alpha value is -2.69. The number of rotatable bonds is 6. The minimum atomic E-state index is -0.939. The van der Waals surface area contributed by atoms with E-state index in [-0.39, 0.29) is 18.2 Å². The van der Waals surface area contributed by atoms with E-state index in [2.05, 4.69) is 10.3 Å². The van der Waals surface area contributed by atoms with E-state index in [0.29, 0.717) is 11.3 Å². The van der Waals surface area contributed by atoms with Crippen LogP contribution in [0.2, 0.25) is 0 Å². The van der Waals surface area contributed by atoms with Gasteiger partial charge in [-0.25, -0.2) is 0 Å². The number of pyridine rings is 1. The normalized spacial score (nSPS) is 13.3. The molecule has 0 radical (unpaired) electrons. The molecule has 0 saturated heterocycles. The second kappa shape index (κ2) is 7.47. The van der Waals surface area contributed by atoms with E-state index in [9.17, 15) is 9.59 Å². The SMILES string of the molecule is Cc1nc(-c2ccccc2)ccc1C(=O)NC(C)(CC(=O)O)C(C)C. The highest BCUT2D eigenvalue weighted by Crippen LogP contribution is 2.23. The van der Waals surface area contributed by atoms with Crippen molar-refractivity contribution >= 4 is 11.9 Å². The second-order valence-corrected chi connectivity index (χ2v) is 6.79. The van der Waals surface area contributed by atoms with Crippen LogP contribution in [0.4, 0.5) is 0 Å². The van der Waals surface area contributed by atoms with Gasteiger partial charge in [0.25, 0.3) is 5.91 Å². The molecule has 5 nitrogen and oxygen atoms in total. The highest BCUT2D eigenvalue weighted by atomic mass is 16.4. The van der Waals surface area contributed by atoms with Crippen LogP contribution in [-0.4, -0.2) is 27.5 Å². The number of carbonyl (C=O) groups is 2. The van der Waals surface area contributed by atoms with Gasteiger partial charge < -0.3 is 10.4 Å². The molecule has 0 saturated carbocycles. The minimum Gasteiger partial charge on any atom is -0.481 e.